The van der Waals surface area contributed by atoms with E-state index >= 15 is 0 Å². The average molecular weight is 421 g/mol. The molecule has 0 bridgehead atoms. The van der Waals surface area contributed by atoms with Gasteiger partial charge in [-0.2, -0.15) is 0 Å². The summed E-state index contributed by atoms with van der Waals surface area (Å²) in [5.41, 5.74) is 2.83. The molecule has 3 heterocycles. The molecule has 0 fully saturated rings. The van der Waals surface area contributed by atoms with Gasteiger partial charge in [-0.25, -0.2) is 0 Å². The SMILES string of the molecule is Cc1ccc(C(C)C)s1.Cc1ccsc1C(C)C.Cc1csc(C(C)C)c1. The molecule has 0 nitrogen and oxygen atoms in total. The van der Waals surface area contributed by atoms with Gasteiger partial charge in [-0.15, -0.1) is 34.0 Å². The number of thiophene rings is 3. The van der Waals surface area contributed by atoms with Crippen LogP contribution in [-0.4, -0.2) is 0 Å². The number of hydrogen-bond acceptors (Lipinski definition) is 3. The van der Waals surface area contributed by atoms with Crippen LogP contribution in [0.3, 0.4) is 0 Å². The smallest absolute Gasteiger partial charge is 0.00998 e. The quantitative estimate of drug-likeness (QED) is 0.395. The standard InChI is InChI=1S/3C8H12S/c1-6(2)8-4-7(3)5-9-8;1-6(2)8-7(3)4-5-9-8;1-6(2)8-5-4-7(3)9-8/h3*4-6H,1-3H3. The maximum atomic E-state index is 2.26. The van der Waals surface area contributed by atoms with Crippen molar-refractivity contribution in [1.82, 2.24) is 0 Å². The van der Waals surface area contributed by atoms with Gasteiger partial charge < -0.3 is 0 Å². The predicted molar refractivity (Wildman–Crippen MR) is 129 cm³/mol. The fourth-order valence-electron chi connectivity index (χ4n) is 2.50. The van der Waals surface area contributed by atoms with E-state index in [9.17, 15) is 0 Å². The van der Waals surface area contributed by atoms with Crippen LogP contribution in [0, 0.1) is 20.8 Å². The van der Waals surface area contributed by atoms with Crippen molar-refractivity contribution in [2.24, 2.45) is 0 Å². The first-order valence-electron chi connectivity index (χ1n) is 9.77. The second-order valence-corrected chi connectivity index (χ2v) is 11.1. The maximum absolute atomic E-state index is 2.26. The van der Waals surface area contributed by atoms with E-state index in [1.807, 2.05) is 34.0 Å². The summed E-state index contributed by atoms with van der Waals surface area (Å²) in [7, 11) is 0. The van der Waals surface area contributed by atoms with Gasteiger partial charge in [0.1, 0.15) is 0 Å². The highest BCUT2D eigenvalue weighted by molar-refractivity contribution is 7.12. The molecular formula is C24H36S3. The monoisotopic (exact) mass is 420 g/mol. The minimum Gasteiger partial charge on any atom is -0.148 e. The highest BCUT2D eigenvalue weighted by atomic mass is 32.1. The van der Waals surface area contributed by atoms with Gasteiger partial charge in [0.15, 0.2) is 0 Å². The molecule has 0 aliphatic carbocycles. The Morgan fingerprint density at radius 2 is 1.33 bits per heavy atom. The van der Waals surface area contributed by atoms with E-state index in [0.29, 0.717) is 17.8 Å². The topological polar surface area (TPSA) is 0 Å². The van der Waals surface area contributed by atoms with Gasteiger partial charge >= 0.3 is 0 Å². The Morgan fingerprint density at radius 1 is 0.704 bits per heavy atom. The van der Waals surface area contributed by atoms with Crippen molar-refractivity contribution in [2.75, 3.05) is 0 Å². The van der Waals surface area contributed by atoms with Gasteiger partial charge in [-0.1, -0.05) is 41.5 Å². The van der Waals surface area contributed by atoms with E-state index in [1.54, 1.807) is 0 Å². The van der Waals surface area contributed by atoms with Crippen molar-refractivity contribution >= 4 is 34.0 Å². The molecule has 3 aromatic heterocycles. The third-order valence-electron chi connectivity index (χ3n) is 4.08. The van der Waals surface area contributed by atoms with Gasteiger partial charge in [0, 0.05) is 19.5 Å². The molecule has 0 saturated heterocycles. The molecule has 27 heavy (non-hydrogen) atoms. The van der Waals surface area contributed by atoms with Crippen molar-refractivity contribution < 1.29 is 0 Å². The minimum atomic E-state index is 0.698. The summed E-state index contributed by atoms with van der Waals surface area (Å²) >= 11 is 5.61. The molecule has 0 amide bonds. The fourth-order valence-corrected chi connectivity index (χ4v) is 5.24. The lowest BCUT2D eigenvalue weighted by molar-refractivity contribution is 0.881. The highest BCUT2D eigenvalue weighted by Crippen LogP contribution is 2.24. The molecule has 0 aromatic carbocycles. The van der Waals surface area contributed by atoms with Crippen molar-refractivity contribution in [3.63, 3.8) is 0 Å². The predicted octanol–water partition coefficient (Wildman–Crippen LogP) is 9.54. The van der Waals surface area contributed by atoms with Crippen LogP contribution in [0.25, 0.3) is 0 Å². The molecule has 0 aliphatic rings. The van der Waals surface area contributed by atoms with Crippen molar-refractivity contribution in [3.8, 4) is 0 Å². The summed E-state index contributed by atoms with van der Waals surface area (Å²) in [6.07, 6.45) is 0. The lowest BCUT2D eigenvalue weighted by Crippen LogP contribution is -1.82. The zero-order valence-electron chi connectivity index (χ0n) is 18.4. The Kier molecular flexibility index (Phi) is 10.6. The molecule has 0 atom stereocenters. The third-order valence-corrected chi connectivity index (χ3v) is 8.05. The van der Waals surface area contributed by atoms with Gasteiger partial charge in [-0.05, 0) is 84.7 Å². The van der Waals surface area contributed by atoms with Gasteiger partial charge in [0.2, 0.25) is 0 Å². The summed E-state index contributed by atoms with van der Waals surface area (Å²) in [6, 6.07) is 8.83. The first kappa shape index (κ1) is 24.1. The van der Waals surface area contributed by atoms with Gasteiger partial charge in [0.05, 0.1) is 0 Å². The van der Waals surface area contributed by atoms with Crippen molar-refractivity contribution in [2.45, 2.75) is 80.1 Å². The van der Waals surface area contributed by atoms with Crippen LogP contribution in [0.4, 0.5) is 0 Å². The Hall–Kier alpha value is -0.900. The zero-order valence-corrected chi connectivity index (χ0v) is 20.9. The van der Waals surface area contributed by atoms with Gasteiger partial charge in [-0.3, -0.25) is 0 Å². The molecule has 0 unspecified atom stereocenters. The summed E-state index contributed by atoms with van der Waals surface area (Å²) in [6.45, 7) is 19.8. The second-order valence-electron chi connectivity index (χ2n) is 7.91. The Labute approximate surface area is 179 Å². The van der Waals surface area contributed by atoms with Crippen molar-refractivity contribution in [1.29, 1.82) is 0 Å². The molecule has 3 rings (SSSR count). The van der Waals surface area contributed by atoms with Crippen LogP contribution in [0.1, 0.15) is 89.9 Å². The minimum absolute atomic E-state index is 0.698. The largest absolute Gasteiger partial charge is 0.148 e. The van der Waals surface area contributed by atoms with Crippen LogP contribution >= 0.6 is 34.0 Å². The van der Waals surface area contributed by atoms with Crippen LogP contribution < -0.4 is 0 Å². The second kappa shape index (κ2) is 11.8. The molecule has 0 radical (unpaired) electrons. The zero-order chi connectivity index (χ0) is 20.6. The van der Waals surface area contributed by atoms with E-state index < -0.39 is 0 Å². The average Bonchev–Trinajstić information content (AvgIpc) is 3.29. The fraction of sp³-hybridized carbons (Fsp3) is 0.500. The Bertz CT molecular complexity index is 725. The van der Waals surface area contributed by atoms with E-state index in [2.05, 4.69) is 97.3 Å². The molecule has 0 spiro atoms. The first-order chi connectivity index (χ1) is 12.6. The third kappa shape index (κ3) is 8.76. The number of rotatable bonds is 3. The van der Waals surface area contributed by atoms with Crippen LogP contribution in [0.5, 0.6) is 0 Å². The lowest BCUT2D eigenvalue weighted by atomic mass is 10.1. The summed E-state index contributed by atoms with van der Waals surface area (Å²) in [5, 5.41) is 4.36. The van der Waals surface area contributed by atoms with Crippen molar-refractivity contribution in [3.05, 3.63) is 65.7 Å². The Morgan fingerprint density at radius 3 is 1.56 bits per heavy atom. The van der Waals surface area contributed by atoms with E-state index in [-0.39, 0.29) is 0 Å². The van der Waals surface area contributed by atoms with Gasteiger partial charge in [0.25, 0.3) is 0 Å². The molecule has 0 aliphatic heterocycles. The molecule has 3 aromatic rings. The summed E-state index contributed by atoms with van der Waals surface area (Å²) < 4.78 is 0. The number of aryl methyl sites for hydroxylation is 3. The number of hydrogen-bond donors (Lipinski definition) is 0. The molecule has 150 valence electrons. The lowest BCUT2D eigenvalue weighted by Gasteiger charge is -2.00. The molecular weight excluding hydrogens is 384 g/mol. The van der Waals surface area contributed by atoms with Crippen LogP contribution in [0.2, 0.25) is 0 Å². The highest BCUT2D eigenvalue weighted by Gasteiger charge is 2.02. The Balaban J connectivity index is 0.000000202. The summed E-state index contributed by atoms with van der Waals surface area (Å²) in [4.78, 5) is 5.92. The first-order valence-corrected chi connectivity index (χ1v) is 12.3. The summed E-state index contributed by atoms with van der Waals surface area (Å²) in [5.74, 6) is 2.09. The van der Waals surface area contributed by atoms with Crippen LogP contribution in [-0.2, 0) is 0 Å². The van der Waals surface area contributed by atoms with E-state index in [1.165, 1.54) is 30.6 Å². The maximum Gasteiger partial charge on any atom is 0.00998 e. The molecule has 0 saturated carbocycles. The van der Waals surface area contributed by atoms with E-state index in [4.69, 9.17) is 0 Å². The normalized spacial score (nSPS) is 10.7. The van der Waals surface area contributed by atoms with E-state index in [0.717, 1.165) is 0 Å². The van der Waals surface area contributed by atoms with Crippen LogP contribution in [0.15, 0.2) is 35.0 Å². The molecule has 0 N–H and O–H groups in total. The molecule has 3 heteroatoms.